The van der Waals surface area contributed by atoms with Crippen LogP contribution in [0.4, 0.5) is 5.82 Å². The highest BCUT2D eigenvalue weighted by atomic mass is 16.3. The molecule has 3 heterocycles. The lowest BCUT2D eigenvalue weighted by molar-refractivity contribution is 0.127. The Bertz CT molecular complexity index is 847. The van der Waals surface area contributed by atoms with Gasteiger partial charge >= 0.3 is 0 Å². The first-order chi connectivity index (χ1) is 13.6. The molecule has 2 N–H and O–H groups in total. The Balaban J connectivity index is 1.48. The fourth-order valence-electron chi connectivity index (χ4n) is 4.44. The van der Waals surface area contributed by atoms with Gasteiger partial charge in [-0.15, -0.1) is 0 Å². The zero-order valence-electron chi connectivity index (χ0n) is 16.5. The largest absolute Gasteiger partial charge is 0.391 e. The first kappa shape index (κ1) is 19.1. The second-order valence-electron chi connectivity index (χ2n) is 7.97. The second-order valence-corrected chi connectivity index (χ2v) is 7.97. The molecule has 0 bridgehead atoms. The van der Waals surface area contributed by atoms with Crippen LogP contribution in [0.25, 0.3) is 0 Å². The van der Waals surface area contributed by atoms with Gasteiger partial charge in [-0.3, -0.25) is 4.79 Å². The summed E-state index contributed by atoms with van der Waals surface area (Å²) < 4.78 is 3.54. The summed E-state index contributed by atoms with van der Waals surface area (Å²) in [5, 5.41) is 18.4. The molecule has 2 aromatic rings. The molecule has 1 aliphatic heterocycles. The van der Waals surface area contributed by atoms with Crippen LogP contribution in [0.15, 0.2) is 29.3 Å². The summed E-state index contributed by atoms with van der Waals surface area (Å²) in [5.74, 6) is 1.85. The number of aromatic nitrogens is 4. The number of imidazole rings is 1. The van der Waals surface area contributed by atoms with E-state index in [0.717, 1.165) is 63.4 Å². The topological polar surface area (TPSA) is 88.2 Å². The molecule has 28 heavy (non-hydrogen) atoms. The van der Waals surface area contributed by atoms with Crippen molar-refractivity contribution in [2.75, 3.05) is 18.0 Å². The fraction of sp³-hybridized carbons (Fsp3) is 0.650. The van der Waals surface area contributed by atoms with Crippen molar-refractivity contribution in [2.45, 2.75) is 63.3 Å². The quantitative estimate of drug-likeness (QED) is 0.776. The maximum Gasteiger partial charge on any atom is 0.267 e. The van der Waals surface area contributed by atoms with E-state index in [4.69, 9.17) is 0 Å². The van der Waals surface area contributed by atoms with Gasteiger partial charge in [0.15, 0.2) is 0 Å². The highest BCUT2D eigenvalue weighted by molar-refractivity contribution is 5.39. The molecule has 3 unspecified atom stereocenters. The third kappa shape index (κ3) is 3.98. The van der Waals surface area contributed by atoms with E-state index in [1.807, 2.05) is 30.1 Å². The Morgan fingerprint density at radius 2 is 2.11 bits per heavy atom. The van der Waals surface area contributed by atoms with E-state index >= 15 is 0 Å². The predicted octanol–water partition coefficient (Wildman–Crippen LogP) is 1.21. The van der Waals surface area contributed by atoms with Crippen molar-refractivity contribution in [3.63, 3.8) is 0 Å². The Morgan fingerprint density at radius 1 is 1.21 bits per heavy atom. The molecule has 2 aliphatic rings. The number of aliphatic hydroxyl groups excluding tert-OH is 1. The van der Waals surface area contributed by atoms with Crippen LogP contribution in [0.1, 0.15) is 50.4 Å². The summed E-state index contributed by atoms with van der Waals surface area (Å²) >= 11 is 0. The third-order valence-electron chi connectivity index (χ3n) is 6.07. The zero-order valence-corrected chi connectivity index (χ0v) is 16.5. The fourth-order valence-corrected chi connectivity index (χ4v) is 4.44. The summed E-state index contributed by atoms with van der Waals surface area (Å²) in [7, 11) is 2.00. The van der Waals surface area contributed by atoms with E-state index in [9.17, 15) is 9.90 Å². The molecule has 1 saturated heterocycles. The normalized spacial score (nSPS) is 25.4. The zero-order chi connectivity index (χ0) is 19.5. The minimum Gasteiger partial charge on any atom is -0.391 e. The first-order valence-electron chi connectivity index (χ1n) is 10.3. The van der Waals surface area contributed by atoms with Gasteiger partial charge in [0.05, 0.1) is 18.7 Å². The average molecular weight is 387 g/mol. The van der Waals surface area contributed by atoms with Crippen LogP contribution in [-0.2, 0) is 13.6 Å². The molecule has 8 heteroatoms. The van der Waals surface area contributed by atoms with Crippen LogP contribution in [0.3, 0.4) is 0 Å². The molecule has 152 valence electrons. The molecule has 0 amide bonds. The van der Waals surface area contributed by atoms with Crippen LogP contribution in [0, 0.1) is 0 Å². The van der Waals surface area contributed by atoms with Crippen LogP contribution < -0.4 is 15.8 Å². The van der Waals surface area contributed by atoms with Crippen LogP contribution in [-0.4, -0.2) is 49.7 Å². The predicted molar refractivity (Wildman–Crippen MR) is 107 cm³/mol. The average Bonchev–Trinajstić information content (AvgIpc) is 3.31. The number of hydrogen-bond acceptors (Lipinski definition) is 6. The van der Waals surface area contributed by atoms with Gasteiger partial charge in [0.25, 0.3) is 5.56 Å². The second kappa shape index (κ2) is 8.45. The monoisotopic (exact) mass is 386 g/mol. The molecule has 3 atom stereocenters. The van der Waals surface area contributed by atoms with Gasteiger partial charge in [-0.2, -0.15) is 5.10 Å². The number of aliphatic hydroxyl groups is 1. The minimum atomic E-state index is -0.475. The lowest BCUT2D eigenvalue weighted by Gasteiger charge is -2.37. The molecule has 2 fully saturated rings. The molecule has 1 aliphatic carbocycles. The minimum absolute atomic E-state index is 0.129. The number of nitrogens with one attached hydrogen (secondary N) is 1. The summed E-state index contributed by atoms with van der Waals surface area (Å²) in [4.78, 5) is 19.0. The summed E-state index contributed by atoms with van der Waals surface area (Å²) in [6.45, 7) is 2.52. The highest BCUT2D eigenvalue weighted by Gasteiger charge is 2.30. The van der Waals surface area contributed by atoms with E-state index in [1.165, 1.54) is 11.1 Å². The van der Waals surface area contributed by atoms with Crippen molar-refractivity contribution in [3.8, 4) is 0 Å². The number of hydrogen-bond donors (Lipinski definition) is 2. The van der Waals surface area contributed by atoms with E-state index in [2.05, 4.69) is 20.3 Å². The number of anilines is 1. The number of rotatable bonds is 6. The van der Waals surface area contributed by atoms with Crippen LogP contribution >= 0.6 is 0 Å². The van der Waals surface area contributed by atoms with E-state index < -0.39 is 6.10 Å². The maximum absolute atomic E-state index is 12.4. The van der Waals surface area contributed by atoms with Gasteiger partial charge in [-0.25, -0.2) is 9.67 Å². The lowest BCUT2D eigenvalue weighted by atomic mass is 10.0. The maximum atomic E-state index is 12.4. The van der Waals surface area contributed by atoms with Crippen molar-refractivity contribution in [2.24, 2.45) is 7.05 Å². The van der Waals surface area contributed by atoms with Gasteiger partial charge in [-0.1, -0.05) is 0 Å². The molecule has 4 rings (SSSR count). The van der Waals surface area contributed by atoms with E-state index in [1.54, 1.807) is 6.07 Å². The van der Waals surface area contributed by atoms with E-state index in [-0.39, 0.29) is 11.6 Å². The summed E-state index contributed by atoms with van der Waals surface area (Å²) in [6.07, 6.45) is 9.21. The van der Waals surface area contributed by atoms with Gasteiger partial charge in [0.2, 0.25) is 0 Å². The molecule has 0 radical (unpaired) electrons. The number of nitrogens with zero attached hydrogens (tertiary/aromatic N) is 5. The first-order valence-corrected chi connectivity index (χ1v) is 10.3. The van der Waals surface area contributed by atoms with Gasteiger partial charge in [-0.05, 0) is 44.6 Å². The Morgan fingerprint density at radius 3 is 2.86 bits per heavy atom. The number of piperidine rings is 1. The van der Waals surface area contributed by atoms with Crippen molar-refractivity contribution in [1.29, 1.82) is 0 Å². The van der Waals surface area contributed by atoms with Gasteiger partial charge in [0.1, 0.15) is 11.6 Å². The molecule has 1 saturated carbocycles. The Hall–Kier alpha value is -2.19. The van der Waals surface area contributed by atoms with Crippen molar-refractivity contribution >= 4 is 5.82 Å². The molecule has 8 nitrogen and oxygen atoms in total. The summed E-state index contributed by atoms with van der Waals surface area (Å²) in [6, 6.07) is 3.57. The molecule has 0 aromatic carbocycles. The Kier molecular flexibility index (Phi) is 5.77. The molecular weight excluding hydrogens is 356 g/mol. The summed E-state index contributed by atoms with van der Waals surface area (Å²) in [5.41, 5.74) is -0.129. The van der Waals surface area contributed by atoms with Crippen molar-refractivity contribution in [3.05, 3.63) is 40.7 Å². The van der Waals surface area contributed by atoms with Gasteiger partial charge in [0, 0.05) is 44.6 Å². The molecule has 0 spiro atoms. The van der Waals surface area contributed by atoms with Crippen LogP contribution in [0.2, 0.25) is 0 Å². The lowest BCUT2D eigenvalue weighted by Crippen LogP contribution is -2.47. The number of aryl methyl sites for hydroxylation is 1. The molecular formula is C20H30N6O2. The smallest absolute Gasteiger partial charge is 0.267 e. The standard InChI is InChI=1S/C20H30N6O2/c1-24-12-10-22-19(24)14-21-13-15-5-2-3-11-25(15)18-8-9-20(28)26(23-18)16-6-4-7-17(16)27/h8-10,12,15-17,21,27H,2-7,11,13-14H2,1H3. The third-order valence-corrected chi connectivity index (χ3v) is 6.07. The molecule has 2 aromatic heterocycles. The Labute approximate surface area is 165 Å². The van der Waals surface area contributed by atoms with Crippen molar-refractivity contribution in [1.82, 2.24) is 24.6 Å². The van der Waals surface area contributed by atoms with Gasteiger partial charge < -0.3 is 19.9 Å². The van der Waals surface area contributed by atoms with Crippen molar-refractivity contribution < 1.29 is 5.11 Å². The van der Waals surface area contributed by atoms with E-state index in [0.29, 0.717) is 6.04 Å². The van der Waals surface area contributed by atoms with Crippen LogP contribution in [0.5, 0.6) is 0 Å². The highest BCUT2D eigenvalue weighted by Crippen LogP contribution is 2.29. The SMILES string of the molecule is Cn1ccnc1CNCC1CCCCN1c1ccc(=O)n(C2CCCC2O)n1.